The molecule has 5 rings (SSSR count). The Morgan fingerprint density at radius 3 is 2.21 bits per heavy atom. The van der Waals surface area contributed by atoms with Crippen LogP contribution in [0.25, 0.3) is 0 Å². The Hall–Kier alpha value is -1.73. The number of hydrogen-bond acceptors (Lipinski definition) is 7. The largest absolute Gasteiger partial charge is 0.371 e. The maximum Gasteiger partial charge on any atom is 0.232 e. The minimum absolute atomic E-state index is 0.276. The highest BCUT2D eigenvalue weighted by Crippen LogP contribution is 2.63. The zero-order chi connectivity index (χ0) is 24.1. The van der Waals surface area contributed by atoms with Crippen molar-refractivity contribution in [2.24, 2.45) is 0 Å². The van der Waals surface area contributed by atoms with E-state index in [1.54, 1.807) is 0 Å². The quantitative estimate of drug-likeness (QED) is 0.575. The van der Waals surface area contributed by atoms with E-state index in [0.717, 1.165) is 16.8 Å². The van der Waals surface area contributed by atoms with Gasteiger partial charge in [-0.15, -0.1) is 0 Å². The van der Waals surface area contributed by atoms with Gasteiger partial charge >= 0.3 is 0 Å². The van der Waals surface area contributed by atoms with E-state index in [1.165, 1.54) is 0 Å². The fraction of sp³-hybridized carbons (Fsp3) is 0.538. The van der Waals surface area contributed by atoms with Crippen molar-refractivity contribution in [1.29, 1.82) is 0 Å². The van der Waals surface area contributed by atoms with Crippen molar-refractivity contribution in [2.75, 3.05) is 11.9 Å². The van der Waals surface area contributed by atoms with Crippen LogP contribution in [0.1, 0.15) is 38.8 Å². The van der Waals surface area contributed by atoms with Gasteiger partial charge in [0.2, 0.25) is 7.37 Å². The fourth-order valence-electron chi connectivity index (χ4n) is 5.00. The molecule has 34 heavy (non-hydrogen) atoms. The molecule has 8 heteroatoms. The Morgan fingerprint density at radius 2 is 1.56 bits per heavy atom. The van der Waals surface area contributed by atoms with Crippen molar-refractivity contribution in [3.05, 3.63) is 65.7 Å². The Bertz CT molecular complexity index is 1060. The predicted molar refractivity (Wildman–Crippen MR) is 130 cm³/mol. The van der Waals surface area contributed by atoms with Gasteiger partial charge in [0, 0.05) is 5.69 Å². The molecule has 2 aromatic carbocycles. The molecule has 3 heterocycles. The van der Waals surface area contributed by atoms with E-state index in [-0.39, 0.29) is 6.16 Å². The minimum Gasteiger partial charge on any atom is -0.371 e. The van der Waals surface area contributed by atoms with Crippen LogP contribution in [0.3, 0.4) is 0 Å². The number of benzene rings is 2. The van der Waals surface area contributed by atoms with E-state index in [4.69, 9.17) is 23.5 Å². The normalized spacial score (nSPS) is 36.2. The molecule has 0 aromatic heterocycles. The lowest BCUT2D eigenvalue weighted by atomic mass is 10.0. The lowest BCUT2D eigenvalue weighted by Gasteiger charge is -2.44. The van der Waals surface area contributed by atoms with E-state index >= 15 is 0 Å². The van der Waals surface area contributed by atoms with Crippen LogP contribution in [0.2, 0.25) is 0 Å². The molecular formula is C26H34NO6P. The molecule has 2 aromatic rings. The lowest BCUT2D eigenvalue weighted by Crippen LogP contribution is -2.55. The average Bonchev–Trinajstić information content (AvgIpc) is 3.30. The molecule has 7 nitrogen and oxygen atoms in total. The molecule has 0 radical (unpaired) electrons. The summed E-state index contributed by atoms with van der Waals surface area (Å²) >= 11 is 0. The summed E-state index contributed by atoms with van der Waals surface area (Å²) in [5, 5.41) is 3.49. The van der Waals surface area contributed by atoms with Crippen molar-refractivity contribution < 1.29 is 28.0 Å². The highest BCUT2D eigenvalue weighted by Gasteiger charge is 2.62. The van der Waals surface area contributed by atoms with Crippen molar-refractivity contribution in [1.82, 2.24) is 0 Å². The van der Waals surface area contributed by atoms with Crippen molar-refractivity contribution in [3.63, 3.8) is 0 Å². The summed E-state index contributed by atoms with van der Waals surface area (Å²) in [6.07, 6.45) is -1.67. The molecule has 0 amide bonds. The zero-order valence-corrected chi connectivity index (χ0v) is 21.3. The number of hydrogen-bond donors (Lipinski definition) is 1. The Kier molecular flexibility index (Phi) is 6.16. The van der Waals surface area contributed by atoms with Crippen LogP contribution < -0.4 is 5.32 Å². The number of nitrogens with one attached hydrogen (secondary N) is 1. The second-order valence-corrected chi connectivity index (χ2v) is 12.9. The minimum atomic E-state index is -3.35. The molecule has 0 aliphatic carbocycles. The van der Waals surface area contributed by atoms with E-state index in [1.807, 2.05) is 89.2 Å². The Morgan fingerprint density at radius 1 is 0.882 bits per heavy atom. The molecule has 3 aliphatic heterocycles. The average molecular weight is 488 g/mol. The summed E-state index contributed by atoms with van der Waals surface area (Å²) in [4.78, 5) is 0. The smallest absolute Gasteiger partial charge is 0.232 e. The second kappa shape index (κ2) is 8.74. The van der Waals surface area contributed by atoms with E-state index in [9.17, 15) is 4.57 Å². The molecule has 1 N–H and O–H groups in total. The monoisotopic (exact) mass is 487 g/mol. The molecule has 6 atom stereocenters. The first-order valence-electron chi connectivity index (χ1n) is 11.9. The van der Waals surface area contributed by atoms with Crippen molar-refractivity contribution in [2.45, 2.75) is 82.6 Å². The van der Waals surface area contributed by atoms with Gasteiger partial charge in [-0.1, -0.05) is 48.0 Å². The Labute approximate surface area is 201 Å². The van der Waals surface area contributed by atoms with E-state index in [2.05, 4.69) is 5.32 Å². The summed E-state index contributed by atoms with van der Waals surface area (Å²) in [6, 6.07) is 17.8. The van der Waals surface area contributed by atoms with Crippen LogP contribution in [-0.2, 0) is 34.2 Å². The molecule has 3 aliphatic rings. The summed E-state index contributed by atoms with van der Waals surface area (Å²) in [6.45, 7) is 9.87. The van der Waals surface area contributed by atoms with Gasteiger partial charge in [-0.2, -0.15) is 0 Å². The molecule has 0 bridgehead atoms. The van der Waals surface area contributed by atoms with Crippen LogP contribution in [0.5, 0.6) is 0 Å². The number of aryl methyl sites for hydroxylation is 1. The fourth-order valence-corrected chi connectivity index (χ4v) is 7.82. The van der Waals surface area contributed by atoms with Gasteiger partial charge in [0.25, 0.3) is 0 Å². The van der Waals surface area contributed by atoms with Gasteiger partial charge in [-0.25, -0.2) is 0 Å². The van der Waals surface area contributed by atoms with E-state index in [0.29, 0.717) is 6.61 Å². The van der Waals surface area contributed by atoms with Gasteiger partial charge in [0.15, 0.2) is 11.6 Å². The first-order chi connectivity index (χ1) is 16.0. The summed E-state index contributed by atoms with van der Waals surface area (Å²) in [7, 11) is -3.35. The van der Waals surface area contributed by atoms with Gasteiger partial charge < -0.3 is 28.8 Å². The van der Waals surface area contributed by atoms with E-state index < -0.39 is 49.1 Å². The maximum atomic E-state index is 14.8. The molecule has 184 valence electrons. The summed E-state index contributed by atoms with van der Waals surface area (Å²) < 4.78 is 46.0. The number of ether oxygens (including phenoxy) is 4. The highest BCUT2D eigenvalue weighted by molar-refractivity contribution is 7.59. The topological polar surface area (TPSA) is 75.2 Å². The predicted octanol–water partition coefficient (Wildman–Crippen LogP) is 5.28. The molecule has 0 saturated carbocycles. The highest BCUT2D eigenvalue weighted by atomic mass is 31.2. The van der Waals surface area contributed by atoms with Gasteiger partial charge in [-0.3, -0.25) is 4.57 Å². The first-order valence-corrected chi connectivity index (χ1v) is 13.7. The molecule has 3 saturated heterocycles. The standard InChI is InChI=1S/C26H34NO6P/c1-17-11-13-19(14-12-17)27-24-23-22(31-26(4,5)32-23)21(20-15-29-25(2,3)30-20)33-34(24,28)16-18-9-7-6-8-10-18/h6-14,20-24,27H,15-16H2,1-5H3/t20-,21-,22+,23+,24-,34?/m1/s1. The van der Waals surface area contributed by atoms with Crippen molar-refractivity contribution in [3.8, 4) is 0 Å². The molecule has 0 spiro atoms. The SMILES string of the molecule is Cc1ccc(N[C@H]2[C@H]3OC(C)(C)O[C@H]3[C@@H]([C@H]3COC(C)(C)O3)OP2(=O)Cc2ccccc2)cc1. The van der Waals surface area contributed by atoms with Crippen LogP contribution >= 0.6 is 7.37 Å². The van der Waals surface area contributed by atoms with Gasteiger partial charge in [0.1, 0.15) is 30.2 Å². The van der Waals surface area contributed by atoms with Crippen LogP contribution in [-0.4, -0.2) is 48.4 Å². The lowest BCUT2D eigenvalue weighted by molar-refractivity contribution is -0.174. The molecule has 3 fully saturated rings. The third-order valence-electron chi connectivity index (χ3n) is 6.53. The van der Waals surface area contributed by atoms with Crippen LogP contribution in [0.15, 0.2) is 54.6 Å². The number of rotatable bonds is 5. The first kappa shape index (κ1) is 24.0. The number of anilines is 1. The summed E-state index contributed by atoms with van der Waals surface area (Å²) in [5.74, 6) is -2.17. The second-order valence-electron chi connectivity index (χ2n) is 10.3. The van der Waals surface area contributed by atoms with Crippen LogP contribution in [0.4, 0.5) is 5.69 Å². The molecular weight excluding hydrogens is 453 g/mol. The van der Waals surface area contributed by atoms with Gasteiger partial charge in [0.05, 0.1) is 12.8 Å². The zero-order valence-electron chi connectivity index (χ0n) is 20.4. The van der Waals surface area contributed by atoms with Gasteiger partial charge in [-0.05, 0) is 52.3 Å². The maximum absolute atomic E-state index is 14.8. The van der Waals surface area contributed by atoms with Crippen LogP contribution in [0, 0.1) is 6.92 Å². The summed E-state index contributed by atoms with van der Waals surface area (Å²) in [5.41, 5.74) is 2.96. The Balaban J connectivity index is 1.53. The number of fused-ring (bicyclic) bond motifs is 1. The third-order valence-corrected chi connectivity index (χ3v) is 9.21. The van der Waals surface area contributed by atoms with Crippen molar-refractivity contribution >= 4 is 13.1 Å². The third kappa shape index (κ3) is 4.83. The molecule has 1 unspecified atom stereocenters.